The first-order valence-corrected chi connectivity index (χ1v) is 9.25. The fraction of sp³-hybridized carbons (Fsp3) is 0.316. The monoisotopic (exact) mass is 414 g/mol. The number of amides is 1. The molecule has 1 saturated heterocycles. The molecule has 1 amide bonds. The number of aliphatic hydroxyl groups is 1. The van der Waals surface area contributed by atoms with Crippen LogP contribution in [-0.2, 0) is 4.74 Å². The summed E-state index contributed by atoms with van der Waals surface area (Å²) in [6.07, 6.45) is 0.115. The van der Waals surface area contributed by atoms with E-state index < -0.39 is 24.3 Å². The molecule has 1 fully saturated rings. The summed E-state index contributed by atoms with van der Waals surface area (Å²) < 4.78 is 23.4. The minimum Gasteiger partial charge on any atom is -0.447 e. The number of anilines is 2. The highest BCUT2D eigenvalue weighted by Gasteiger charge is 2.38. The van der Waals surface area contributed by atoms with Gasteiger partial charge in [0, 0.05) is 11.8 Å². The molecule has 10 nitrogen and oxygen atoms in total. The van der Waals surface area contributed by atoms with Gasteiger partial charge in [-0.25, -0.2) is 14.2 Å². The summed E-state index contributed by atoms with van der Waals surface area (Å²) in [5.74, 6) is 0.782. The highest BCUT2D eigenvalue weighted by Crippen LogP contribution is 2.25. The average Bonchev–Trinajstić information content (AvgIpc) is 3.36. The molecule has 4 rings (SSSR count). The molecule has 30 heavy (non-hydrogen) atoms. The predicted molar refractivity (Wildman–Crippen MR) is 103 cm³/mol. The zero-order chi connectivity index (χ0) is 21.3. The topological polar surface area (TPSA) is 127 Å². The number of nitrogens with one attached hydrogen (secondary N) is 1. The molecule has 0 radical (unpaired) electrons. The zero-order valence-electron chi connectivity index (χ0n) is 16.2. The van der Waals surface area contributed by atoms with Crippen LogP contribution in [0.25, 0.3) is 11.4 Å². The first-order chi connectivity index (χ1) is 14.4. The van der Waals surface area contributed by atoms with Gasteiger partial charge >= 0.3 is 6.09 Å². The maximum atomic E-state index is 13.1. The number of hydrogen-bond donors (Lipinski definition) is 2. The minimum atomic E-state index is -0.787. The van der Waals surface area contributed by atoms with Crippen LogP contribution in [0.3, 0.4) is 0 Å². The van der Waals surface area contributed by atoms with Gasteiger partial charge < -0.3 is 19.7 Å². The number of rotatable bonds is 6. The Hall–Kier alpha value is -3.60. The van der Waals surface area contributed by atoms with E-state index in [4.69, 9.17) is 9.26 Å². The smallest absolute Gasteiger partial charge is 0.416 e. The number of carbonyl (C=O) groups excluding carboxylic acids is 1. The van der Waals surface area contributed by atoms with Gasteiger partial charge in [-0.2, -0.15) is 9.97 Å². The molecule has 0 aliphatic carbocycles. The molecule has 11 heteroatoms. The van der Waals surface area contributed by atoms with Crippen LogP contribution in [0.15, 0.2) is 41.1 Å². The van der Waals surface area contributed by atoms with Gasteiger partial charge in [0.1, 0.15) is 30.3 Å². The van der Waals surface area contributed by atoms with Crippen LogP contribution in [-0.4, -0.2) is 50.1 Å². The van der Waals surface area contributed by atoms with E-state index in [1.807, 2.05) is 0 Å². The Morgan fingerprint density at radius 1 is 1.23 bits per heavy atom. The van der Waals surface area contributed by atoms with Gasteiger partial charge in [0.25, 0.3) is 0 Å². The van der Waals surface area contributed by atoms with E-state index in [1.54, 1.807) is 32.0 Å². The second kappa shape index (κ2) is 8.03. The summed E-state index contributed by atoms with van der Waals surface area (Å²) in [6.45, 7) is 3.44. The number of hydrogen-bond acceptors (Lipinski definition) is 9. The van der Waals surface area contributed by atoms with Crippen LogP contribution in [0, 0.1) is 5.82 Å². The molecule has 1 aromatic carbocycles. The van der Waals surface area contributed by atoms with E-state index in [2.05, 4.69) is 25.4 Å². The number of aliphatic hydroxyl groups excluding tert-OH is 1. The lowest BCUT2D eigenvalue weighted by Crippen LogP contribution is -2.41. The third kappa shape index (κ3) is 3.92. The molecule has 156 valence electrons. The van der Waals surface area contributed by atoms with E-state index >= 15 is 0 Å². The van der Waals surface area contributed by atoms with Crippen molar-refractivity contribution in [2.45, 2.75) is 32.0 Å². The van der Waals surface area contributed by atoms with Crippen molar-refractivity contribution < 1.29 is 23.6 Å². The van der Waals surface area contributed by atoms with Crippen molar-refractivity contribution in [2.24, 2.45) is 0 Å². The molecule has 1 aliphatic heterocycles. The Bertz CT molecular complexity index is 1040. The summed E-state index contributed by atoms with van der Waals surface area (Å²) in [4.78, 5) is 26.2. The quantitative estimate of drug-likeness (QED) is 0.625. The van der Waals surface area contributed by atoms with Crippen LogP contribution in [0.1, 0.15) is 25.8 Å². The molecule has 3 atom stereocenters. The van der Waals surface area contributed by atoms with Gasteiger partial charge in [0.2, 0.25) is 17.7 Å². The maximum Gasteiger partial charge on any atom is 0.416 e. The van der Waals surface area contributed by atoms with Gasteiger partial charge in [0.05, 0.1) is 6.10 Å². The van der Waals surface area contributed by atoms with Crippen molar-refractivity contribution in [2.75, 3.05) is 16.8 Å². The molecular weight excluding hydrogens is 395 g/mol. The van der Waals surface area contributed by atoms with Crippen molar-refractivity contribution in [1.29, 1.82) is 0 Å². The zero-order valence-corrected chi connectivity index (χ0v) is 16.2. The molecule has 2 N–H and O–H groups in total. The second-order valence-electron chi connectivity index (χ2n) is 6.82. The number of ether oxygens (including phenoxy) is 1. The fourth-order valence-electron chi connectivity index (χ4n) is 2.99. The first kappa shape index (κ1) is 19.7. The van der Waals surface area contributed by atoms with Gasteiger partial charge in [0.15, 0.2) is 0 Å². The molecule has 2 aromatic heterocycles. The molecule has 1 aliphatic rings. The lowest BCUT2D eigenvalue weighted by Gasteiger charge is -2.22. The number of halogens is 1. The Labute approximate surface area is 170 Å². The minimum absolute atomic E-state index is 0.0772. The Morgan fingerprint density at radius 3 is 2.73 bits per heavy atom. The first-order valence-electron chi connectivity index (χ1n) is 9.25. The van der Waals surface area contributed by atoms with Crippen molar-refractivity contribution in [1.82, 2.24) is 20.1 Å². The molecule has 0 bridgehead atoms. The van der Waals surface area contributed by atoms with Crippen molar-refractivity contribution in [3.05, 3.63) is 48.2 Å². The third-order valence-corrected chi connectivity index (χ3v) is 4.61. The molecule has 3 heterocycles. The summed E-state index contributed by atoms with van der Waals surface area (Å²) in [7, 11) is 0. The maximum absolute atomic E-state index is 13.1. The van der Waals surface area contributed by atoms with E-state index in [9.17, 15) is 14.3 Å². The Kier molecular flexibility index (Phi) is 5.27. The molecule has 1 unspecified atom stereocenters. The van der Waals surface area contributed by atoms with Crippen molar-refractivity contribution in [3.63, 3.8) is 0 Å². The highest BCUT2D eigenvalue weighted by molar-refractivity contribution is 5.89. The Morgan fingerprint density at radius 2 is 2.00 bits per heavy atom. The van der Waals surface area contributed by atoms with Crippen LogP contribution >= 0.6 is 0 Å². The fourth-order valence-corrected chi connectivity index (χ4v) is 2.99. The van der Waals surface area contributed by atoms with Gasteiger partial charge in [-0.1, -0.05) is 5.16 Å². The van der Waals surface area contributed by atoms with E-state index in [0.717, 1.165) is 0 Å². The van der Waals surface area contributed by atoms with E-state index in [1.165, 1.54) is 23.2 Å². The molecule has 0 saturated carbocycles. The number of benzene rings is 1. The molecule has 3 aromatic rings. The number of cyclic esters (lactones) is 1. The SMILES string of the molecule is C[C@H](Nc1nccc(N2C(=O)OCC2[C@@H](C)O)n1)c1nc(-c2ccc(F)cc2)no1. The number of nitrogens with zero attached hydrogens (tertiary/aromatic N) is 5. The van der Waals surface area contributed by atoms with Crippen LogP contribution in [0.4, 0.5) is 21.0 Å². The predicted octanol–water partition coefficient (Wildman–Crippen LogP) is 2.54. The molecule has 0 spiro atoms. The van der Waals surface area contributed by atoms with E-state index in [0.29, 0.717) is 17.2 Å². The van der Waals surface area contributed by atoms with Crippen molar-refractivity contribution in [3.8, 4) is 11.4 Å². The highest BCUT2D eigenvalue weighted by atomic mass is 19.1. The second-order valence-corrected chi connectivity index (χ2v) is 6.82. The Balaban J connectivity index is 1.50. The standard InChI is InChI=1S/C19H19FN6O4/c1-10(17-24-16(25-30-17)12-3-5-13(20)6-4-12)22-18-21-8-7-15(23-18)26-14(11(2)27)9-29-19(26)28/h3-8,10-11,14,27H,9H2,1-2H3,(H,21,22,23)/t10-,11+,14?/m0/s1. The summed E-state index contributed by atoms with van der Waals surface area (Å²) in [5, 5.41) is 16.8. The summed E-state index contributed by atoms with van der Waals surface area (Å²) in [6, 6.07) is 6.32. The van der Waals surface area contributed by atoms with E-state index in [-0.39, 0.29) is 24.3 Å². The van der Waals surface area contributed by atoms with Gasteiger partial charge in [-0.3, -0.25) is 4.90 Å². The lowest BCUT2D eigenvalue weighted by atomic mass is 10.2. The normalized spacial score (nSPS) is 18.2. The largest absolute Gasteiger partial charge is 0.447 e. The van der Waals surface area contributed by atoms with Gasteiger partial charge in [-0.15, -0.1) is 0 Å². The number of carbonyl (C=O) groups is 1. The van der Waals surface area contributed by atoms with Crippen LogP contribution in [0.2, 0.25) is 0 Å². The molecular formula is C19H19FN6O4. The van der Waals surface area contributed by atoms with Crippen LogP contribution < -0.4 is 10.2 Å². The van der Waals surface area contributed by atoms with Gasteiger partial charge in [-0.05, 0) is 44.2 Å². The summed E-state index contributed by atoms with van der Waals surface area (Å²) >= 11 is 0. The third-order valence-electron chi connectivity index (χ3n) is 4.61. The average molecular weight is 414 g/mol. The summed E-state index contributed by atoms with van der Waals surface area (Å²) in [5.41, 5.74) is 0.619. The van der Waals surface area contributed by atoms with Crippen LogP contribution in [0.5, 0.6) is 0 Å². The van der Waals surface area contributed by atoms with Crippen molar-refractivity contribution >= 4 is 17.9 Å². The lowest BCUT2D eigenvalue weighted by molar-refractivity contribution is 0.142. The number of aromatic nitrogens is 4.